The number of nitrogens with one attached hydrogen (secondary N) is 1. The third kappa shape index (κ3) is 4.44. The van der Waals surface area contributed by atoms with E-state index in [0.29, 0.717) is 16.4 Å². The Kier molecular flexibility index (Phi) is 6.01. The minimum atomic E-state index is -0.242. The van der Waals surface area contributed by atoms with Crippen LogP contribution in [0.3, 0.4) is 0 Å². The van der Waals surface area contributed by atoms with Crippen molar-refractivity contribution in [3.63, 3.8) is 0 Å². The monoisotopic (exact) mass is 323 g/mol. The first-order valence-electron chi connectivity index (χ1n) is 6.65. The number of unbranched alkanes of at least 4 members (excludes halogenated alkanes) is 1. The molecule has 0 radical (unpaired) electrons. The first kappa shape index (κ1) is 15.8. The normalized spacial score (nSPS) is 10.4. The second-order valence-corrected chi connectivity index (χ2v) is 6.55. The van der Waals surface area contributed by atoms with Crippen LogP contribution in [-0.4, -0.2) is 29.0 Å². The lowest BCUT2D eigenvalue weighted by Gasteiger charge is -2.06. The van der Waals surface area contributed by atoms with Crippen LogP contribution in [-0.2, 0) is 0 Å². The SMILES string of the molecule is CCCCSc1nnc(NC(=O)c2ccccc2OC)s1. The molecule has 0 saturated carbocycles. The molecule has 21 heavy (non-hydrogen) atoms. The average Bonchev–Trinajstić information content (AvgIpc) is 2.95. The molecule has 112 valence electrons. The zero-order valence-electron chi connectivity index (χ0n) is 12.0. The molecular formula is C14H17N3O2S2. The molecule has 0 saturated heterocycles. The Morgan fingerprint density at radius 1 is 1.38 bits per heavy atom. The van der Waals surface area contributed by atoms with Gasteiger partial charge in [-0.25, -0.2) is 0 Å². The first-order valence-corrected chi connectivity index (χ1v) is 8.45. The van der Waals surface area contributed by atoms with Crippen molar-refractivity contribution < 1.29 is 9.53 Å². The number of ether oxygens (including phenoxy) is 1. The Balaban J connectivity index is 1.99. The number of carbonyl (C=O) groups is 1. The van der Waals surface area contributed by atoms with Gasteiger partial charge in [0, 0.05) is 5.75 Å². The molecule has 5 nitrogen and oxygen atoms in total. The minimum Gasteiger partial charge on any atom is -0.496 e. The van der Waals surface area contributed by atoms with Crippen molar-refractivity contribution >= 4 is 34.1 Å². The second-order valence-electron chi connectivity index (χ2n) is 4.23. The highest BCUT2D eigenvalue weighted by Gasteiger charge is 2.14. The third-order valence-electron chi connectivity index (χ3n) is 2.70. The predicted molar refractivity (Wildman–Crippen MR) is 86.5 cm³/mol. The molecule has 0 unspecified atom stereocenters. The van der Waals surface area contributed by atoms with Gasteiger partial charge in [0.15, 0.2) is 4.34 Å². The van der Waals surface area contributed by atoms with Gasteiger partial charge >= 0.3 is 0 Å². The van der Waals surface area contributed by atoms with Crippen LogP contribution in [0.4, 0.5) is 5.13 Å². The van der Waals surface area contributed by atoms with Crippen LogP contribution in [0, 0.1) is 0 Å². The number of para-hydroxylation sites is 1. The summed E-state index contributed by atoms with van der Waals surface area (Å²) in [6.45, 7) is 2.15. The van der Waals surface area contributed by atoms with Crippen LogP contribution in [0.2, 0.25) is 0 Å². The molecule has 1 N–H and O–H groups in total. The summed E-state index contributed by atoms with van der Waals surface area (Å²) in [5, 5.41) is 11.3. The topological polar surface area (TPSA) is 64.1 Å². The van der Waals surface area contributed by atoms with Gasteiger partial charge in [-0.05, 0) is 18.6 Å². The summed E-state index contributed by atoms with van der Waals surface area (Å²) in [7, 11) is 1.54. The highest BCUT2D eigenvalue weighted by atomic mass is 32.2. The van der Waals surface area contributed by atoms with Crippen molar-refractivity contribution in [2.75, 3.05) is 18.2 Å². The van der Waals surface area contributed by atoms with E-state index in [2.05, 4.69) is 22.4 Å². The summed E-state index contributed by atoms with van der Waals surface area (Å²) < 4.78 is 6.05. The molecule has 0 aliphatic rings. The Bertz CT molecular complexity index is 601. The number of hydrogen-bond acceptors (Lipinski definition) is 6. The molecule has 0 spiro atoms. The molecule has 1 heterocycles. The number of carbonyl (C=O) groups excluding carboxylic acids is 1. The van der Waals surface area contributed by atoms with Gasteiger partial charge in [0.25, 0.3) is 5.91 Å². The third-order valence-corrected chi connectivity index (χ3v) is 4.76. The molecule has 0 aliphatic carbocycles. The zero-order valence-corrected chi connectivity index (χ0v) is 13.6. The maximum absolute atomic E-state index is 12.2. The fourth-order valence-corrected chi connectivity index (χ4v) is 3.52. The number of anilines is 1. The summed E-state index contributed by atoms with van der Waals surface area (Å²) in [6.07, 6.45) is 2.30. The molecular weight excluding hydrogens is 306 g/mol. The quantitative estimate of drug-likeness (QED) is 0.478. The summed E-state index contributed by atoms with van der Waals surface area (Å²) in [4.78, 5) is 12.2. The largest absolute Gasteiger partial charge is 0.496 e. The zero-order chi connectivity index (χ0) is 15.1. The van der Waals surface area contributed by atoms with Crippen LogP contribution < -0.4 is 10.1 Å². The number of amides is 1. The van der Waals surface area contributed by atoms with Gasteiger partial charge in [-0.2, -0.15) is 0 Å². The van der Waals surface area contributed by atoms with Gasteiger partial charge in [-0.1, -0.05) is 48.6 Å². The van der Waals surface area contributed by atoms with Crippen LogP contribution in [0.15, 0.2) is 28.6 Å². The van der Waals surface area contributed by atoms with Crippen molar-refractivity contribution in [1.29, 1.82) is 0 Å². The fraction of sp³-hybridized carbons (Fsp3) is 0.357. The van der Waals surface area contributed by atoms with E-state index in [9.17, 15) is 4.79 Å². The van der Waals surface area contributed by atoms with E-state index in [1.165, 1.54) is 11.3 Å². The number of hydrogen-bond donors (Lipinski definition) is 1. The predicted octanol–water partition coefficient (Wildman–Crippen LogP) is 3.69. The standard InChI is InChI=1S/C14H17N3O2S2/c1-3-4-9-20-14-17-16-13(21-14)15-12(18)10-7-5-6-8-11(10)19-2/h5-8H,3-4,9H2,1-2H3,(H,15,16,18). The average molecular weight is 323 g/mol. The lowest BCUT2D eigenvalue weighted by atomic mass is 10.2. The summed E-state index contributed by atoms with van der Waals surface area (Å²) in [6, 6.07) is 7.08. The Morgan fingerprint density at radius 3 is 2.95 bits per heavy atom. The molecule has 0 aliphatic heterocycles. The van der Waals surface area contributed by atoms with Gasteiger partial charge in [0.1, 0.15) is 5.75 Å². The number of nitrogens with zero attached hydrogens (tertiary/aromatic N) is 2. The lowest BCUT2D eigenvalue weighted by molar-refractivity contribution is 0.102. The highest BCUT2D eigenvalue weighted by Crippen LogP contribution is 2.27. The number of methoxy groups -OCH3 is 1. The number of benzene rings is 1. The summed E-state index contributed by atoms with van der Waals surface area (Å²) >= 11 is 3.05. The molecule has 2 aromatic rings. The number of thioether (sulfide) groups is 1. The summed E-state index contributed by atoms with van der Waals surface area (Å²) in [5.41, 5.74) is 0.482. The van der Waals surface area contributed by atoms with E-state index in [1.54, 1.807) is 37.1 Å². The van der Waals surface area contributed by atoms with Crippen LogP contribution >= 0.6 is 23.1 Å². The second kappa shape index (κ2) is 7.99. The van der Waals surface area contributed by atoms with Crippen molar-refractivity contribution in [2.45, 2.75) is 24.1 Å². The lowest BCUT2D eigenvalue weighted by Crippen LogP contribution is -2.12. The van der Waals surface area contributed by atoms with Gasteiger partial charge in [-0.3, -0.25) is 10.1 Å². The molecule has 7 heteroatoms. The Morgan fingerprint density at radius 2 is 2.19 bits per heavy atom. The molecule has 1 aromatic heterocycles. The van der Waals surface area contributed by atoms with E-state index in [0.717, 1.165) is 22.9 Å². The number of rotatable bonds is 7. The van der Waals surface area contributed by atoms with Crippen molar-refractivity contribution in [2.24, 2.45) is 0 Å². The van der Waals surface area contributed by atoms with E-state index in [1.807, 2.05) is 6.07 Å². The Hall–Kier alpha value is -1.60. The van der Waals surface area contributed by atoms with Gasteiger partial charge in [0.05, 0.1) is 12.7 Å². The van der Waals surface area contributed by atoms with E-state index in [-0.39, 0.29) is 5.91 Å². The highest BCUT2D eigenvalue weighted by molar-refractivity contribution is 8.01. The fourth-order valence-electron chi connectivity index (χ4n) is 1.62. The maximum atomic E-state index is 12.2. The Labute approximate surface area is 132 Å². The molecule has 0 bridgehead atoms. The molecule has 2 rings (SSSR count). The maximum Gasteiger partial charge on any atom is 0.261 e. The minimum absolute atomic E-state index is 0.242. The summed E-state index contributed by atoms with van der Waals surface area (Å²) in [5.74, 6) is 1.32. The van der Waals surface area contributed by atoms with Gasteiger partial charge < -0.3 is 4.74 Å². The molecule has 1 amide bonds. The van der Waals surface area contributed by atoms with Crippen LogP contribution in [0.25, 0.3) is 0 Å². The van der Waals surface area contributed by atoms with Crippen LogP contribution in [0.1, 0.15) is 30.1 Å². The van der Waals surface area contributed by atoms with Crippen molar-refractivity contribution in [3.05, 3.63) is 29.8 Å². The smallest absolute Gasteiger partial charge is 0.261 e. The van der Waals surface area contributed by atoms with Gasteiger partial charge in [-0.15, -0.1) is 10.2 Å². The van der Waals surface area contributed by atoms with E-state index in [4.69, 9.17) is 4.74 Å². The van der Waals surface area contributed by atoms with Crippen LogP contribution in [0.5, 0.6) is 5.75 Å². The molecule has 0 fully saturated rings. The molecule has 0 atom stereocenters. The number of aromatic nitrogens is 2. The van der Waals surface area contributed by atoms with E-state index >= 15 is 0 Å². The van der Waals surface area contributed by atoms with Crippen molar-refractivity contribution in [3.8, 4) is 5.75 Å². The van der Waals surface area contributed by atoms with Gasteiger partial charge in [0.2, 0.25) is 5.13 Å². The molecule has 1 aromatic carbocycles. The van der Waals surface area contributed by atoms with E-state index < -0.39 is 0 Å². The van der Waals surface area contributed by atoms with Crippen molar-refractivity contribution in [1.82, 2.24) is 10.2 Å². The first-order chi connectivity index (χ1) is 10.2.